The lowest BCUT2D eigenvalue weighted by atomic mass is 9.93. The van der Waals surface area contributed by atoms with E-state index in [0.717, 1.165) is 74.9 Å². The van der Waals surface area contributed by atoms with Crippen LogP contribution in [-0.2, 0) is 4.74 Å². The topological polar surface area (TPSA) is 93.5 Å². The van der Waals surface area contributed by atoms with Crippen LogP contribution in [0.25, 0.3) is 0 Å². The highest BCUT2D eigenvalue weighted by molar-refractivity contribution is 5.80. The fourth-order valence-corrected chi connectivity index (χ4v) is 4.50. The Hall–Kier alpha value is -3.20. The summed E-state index contributed by atoms with van der Waals surface area (Å²) in [6.45, 7) is 12.8. The van der Waals surface area contributed by atoms with Crippen LogP contribution in [0.15, 0.2) is 34.5 Å². The minimum absolute atomic E-state index is 0.0624. The molecule has 2 aliphatic rings. The van der Waals surface area contributed by atoms with E-state index >= 15 is 0 Å². The summed E-state index contributed by atoms with van der Waals surface area (Å²) in [4.78, 5) is 19.9. The number of anilines is 2. The highest BCUT2D eigenvalue weighted by atomic mass is 16.5. The molecule has 1 saturated carbocycles. The van der Waals surface area contributed by atoms with E-state index in [1.165, 1.54) is 0 Å². The third kappa shape index (κ3) is 6.69. The molecule has 2 fully saturated rings. The number of nitrogens with one attached hydrogen (secondary N) is 1. The van der Waals surface area contributed by atoms with E-state index < -0.39 is 0 Å². The van der Waals surface area contributed by atoms with Crippen molar-refractivity contribution in [1.29, 1.82) is 0 Å². The van der Waals surface area contributed by atoms with E-state index in [4.69, 9.17) is 14.2 Å². The van der Waals surface area contributed by atoms with Gasteiger partial charge in [-0.25, -0.2) is 0 Å². The Balaban J connectivity index is 1.41. The molecule has 0 amide bonds. The Morgan fingerprint density at radius 3 is 2.63 bits per heavy atom. The Morgan fingerprint density at radius 1 is 1.17 bits per heavy atom. The van der Waals surface area contributed by atoms with Gasteiger partial charge in [0.2, 0.25) is 5.88 Å². The summed E-state index contributed by atoms with van der Waals surface area (Å²) in [7, 11) is 0. The summed E-state index contributed by atoms with van der Waals surface area (Å²) in [6.07, 6.45) is 9.13. The van der Waals surface area contributed by atoms with Crippen LogP contribution in [0, 0.1) is 0 Å². The molecule has 9 nitrogen and oxygen atoms in total. The lowest BCUT2D eigenvalue weighted by Gasteiger charge is -2.32. The first-order valence-corrected chi connectivity index (χ1v) is 12.4. The molecule has 1 aromatic heterocycles. The third-order valence-electron chi connectivity index (χ3n) is 6.13. The number of morpholine rings is 1. The molecule has 9 heteroatoms. The maximum absolute atomic E-state index is 6.52. The first-order valence-electron chi connectivity index (χ1n) is 12.4. The molecular weight excluding hydrogens is 444 g/mol. The number of hydrogen-bond donors (Lipinski definition) is 1. The molecule has 1 saturated heterocycles. The third-order valence-corrected chi connectivity index (χ3v) is 6.13. The predicted molar refractivity (Wildman–Crippen MR) is 141 cm³/mol. The van der Waals surface area contributed by atoms with Gasteiger partial charge in [0.25, 0.3) is 0 Å². The van der Waals surface area contributed by atoms with Crippen molar-refractivity contribution in [3.63, 3.8) is 0 Å². The summed E-state index contributed by atoms with van der Waals surface area (Å²) in [5, 5.41) is 3.50. The molecule has 0 atom stereocenters. The van der Waals surface area contributed by atoms with E-state index in [0.29, 0.717) is 17.6 Å². The lowest BCUT2D eigenvalue weighted by Crippen LogP contribution is -2.36. The Morgan fingerprint density at radius 2 is 1.94 bits per heavy atom. The number of aromatic nitrogens is 2. The Labute approximate surface area is 207 Å². The zero-order valence-corrected chi connectivity index (χ0v) is 20.9. The standard InChI is InChI=1S/C26H36N6O3/c1-5-29-22-14-20(32-10-12-33-13-11-32)15-23(26(22)27-4)35-21-8-6-19(7-9-21)30-24-16-28-17-25(31-24)34-18(2)3/h5,14-19,21H,4,6-13H2,1-3H3,(H,30,31). The molecule has 188 valence electrons. The summed E-state index contributed by atoms with van der Waals surface area (Å²) in [5.41, 5.74) is 2.55. The number of hydrogen-bond acceptors (Lipinski definition) is 9. The van der Waals surface area contributed by atoms with Gasteiger partial charge in [0.15, 0.2) is 0 Å². The normalized spacial score (nSPS) is 20.7. The SMILES string of the molecule is C=Nc1c(N=CC)cc(N2CCOCC2)cc1OC1CCC(Nc2cncc(OC(C)C)n2)CC1. The summed E-state index contributed by atoms with van der Waals surface area (Å²) < 4.78 is 17.7. The largest absolute Gasteiger partial charge is 0.488 e. The number of ether oxygens (including phenoxy) is 3. The van der Waals surface area contributed by atoms with Gasteiger partial charge in [-0.15, -0.1) is 0 Å². The molecule has 0 bridgehead atoms. The monoisotopic (exact) mass is 480 g/mol. The minimum atomic E-state index is 0.0624. The zero-order valence-electron chi connectivity index (χ0n) is 20.9. The minimum Gasteiger partial charge on any atom is -0.488 e. The Kier molecular flexibility index (Phi) is 8.52. The molecule has 1 aliphatic heterocycles. The molecule has 2 heterocycles. The van der Waals surface area contributed by atoms with Crippen LogP contribution >= 0.6 is 0 Å². The van der Waals surface area contributed by atoms with E-state index in [1.54, 1.807) is 18.6 Å². The van der Waals surface area contributed by atoms with E-state index in [-0.39, 0.29) is 12.2 Å². The van der Waals surface area contributed by atoms with Crippen LogP contribution in [0.2, 0.25) is 0 Å². The number of aliphatic imine (C=N–C) groups is 2. The van der Waals surface area contributed by atoms with Gasteiger partial charge in [0, 0.05) is 37.1 Å². The van der Waals surface area contributed by atoms with Crippen molar-refractivity contribution < 1.29 is 14.2 Å². The van der Waals surface area contributed by atoms with Crippen molar-refractivity contribution in [2.24, 2.45) is 9.98 Å². The van der Waals surface area contributed by atoms with Crippen molar-refractivity contribution >= 4 is 35.8 Å². The number of nitrogens with zero attached hydrogens (tertiary/aromatic N) is 5. The molecule has 35 heavy (non-hydrogen) atoms. The van der Waals surface area contributed by atoms with Crippen molar-refractivity contribution in [3.05, 3.63) is 24.5 Å². The summed E-state index contributed by atoms with van der Waals surface area (Å²) >= 11 is 0. The van der Waals surface area contributed by atoms with E-state index in [1.807, 2.05) is 20.8 Å². The van der Waals surface area contributed by atoms with Crippen molar-refractivity contribution in [3.8, 4) is 11.6 Å². The number of benzene rings is 1. The van der Waals surface area contributed by atoms with Crippen molar-refractivity contribution in [2.75, 3.05) is 36.5 Å². The molecule has 0 unspecified atom stereocenters. The molecule has 0 radical (unpaired) electrons. The molecule has 1 aromatic carbocycles. The number of rotatable bonds is 9. The Bertz CT molecular complexity index is 1010. The van der Waals surface area contributed by atoms with E-state index in [2.05, 4.69) is 49.0 Å². The van der Waals surface area contributed by atoms with Gasteiger partial charge in [-0.3, -0.25) is 15.0 Å². The van der Waals surface area contributed by atoms with Gasteiger partial charge in [0.05, 0.1) is 43.5 Å². The maximum atomic E-state index is 6.52. The smallest absolute Gasteiger partial charge is 0.234 e. The second-order valence-corrected chi connectivity index (χ2v) is 9.10. The quantitative estimate of drug-likeness (QED) is 0.507. The molecule has 0 spiro atoms. The maximum Gasteiger partial charge on any atom is 0.234 e. The zero-order chi connectivity index (χ0) is 24.6. The van der Waals surface area contributed by atoms with Crippen LogP contribution in [0.1, 0.15) is 46.5 Å². The molecule has 1 aliphatic carbocycles. The summed E-state index contributed by atoms with van der Waals surface area (Å²) in [5.74, 6) is 2.02. The van der Waals surface area contributed by atoms with Gasteiger partial charge in [0.1, 0.15) is 17.3 Å². The highest BCUT2D eigenvalue weighted by Crippen LogP contribution is 2.43. The van der Waals surface area contributed by atoms with Crippen LogP contribution < -0.4 is 19.7 Å². The van der Waals surface area contributed by atoms with Crippen LogP contribution in [0.3, 0.4) is 0 Å². The van der Waals surface area contributed by atoms with Gasteiger partial charge in [-0.1, -0.05) is 0 Å². The molecule has 4 rings (SSSR count). The van der Waals surface area contributed by atoms with Crippen LogP contribution in [0.4, 0.5) is 22.9 Å². The predicted octanol–water partition coefficient (Wildman–Crippen LogP) is 4.96. The fourth-order valence-electron chi connectivity index (χ4n) is 4.50. The first-order chi connectivity index (χ1) is 17.1. The average Bonchev–Trinajstić information content (AvgIpc) is 2.86. The van der Waals surface area contributed by atoms with Crippen molar-refractivity contribution in [2.45, 2.75) is 64.7 Å². The summed E-state index contributed by atoms with van der Waals surface area (Å²) in [6, 6.07) is 4.45. The van der Waals surface area contributed by atoms with Crippen LogP contribution in [-0.4, -0.2) is 67.5 Å². The molecular formula is C26H36N6O3. The second-order valence-electron chi connectivity index (χ2n) is 9.10. The van der Waals surface area contributed by atoms with Gasteiger partial charge < -0.3 is 24.4 Å². The second kappa shape index (κ2) is 12.0. The molecule has 2 aromatic rings. The van der Waals surface area contributed by atoms with Crippen molar-refractivity contribution in [1.82, 2.24) is 9.97 Å². The van der Waals surface area contributed by atoms with Crippen LogP contribution in [0.5, 0.6) is 11.6 Å². The van der Waals surface area contributed by atoms with Gasteiger partial charge in [-0.2, -0.15) is 4.98 Å². The first kappa shape index (κ1) is 24.9. The highest BCUT2D eigenvalue weighted by Gasteiger charge is 2.25. The van der Waals surface area contributed by atoms with Gasteiger partial charge >= 0.3 is 0 Å². The van der Waals surface area contributed by atoms with E-state index in [9.17, 15) is 0 Å². The lowest BCUT2D eigenvalue weighted by molar-refractivity contribution is 0.122. The van der Waals surface area contributed by atoms with Gasteiger partial charge in [-0.05, 0) is 59.2 Å². The average molecular weight is 481 g/mol. The fraction of sp³-hybridized carbons (Fsp3) is 0.538. The molecule has 1 N–H and O–H groups in total.